The molecule has 0 bridgehead atoms. The Bertz CT molecular complexity index is 249. The third-order valence-corrected chi connectivity index (χ3v) is 2.95. The summed E-state index contributed by atoms with van der Waals surface area (Å²) in [4.78, 5) is 11.3. The first-order chi connectivity index (χ1) is 5.70. The van der Waals surface area contributed by atoms with Gasteiger partial charge in [-0.15, -0.1) is 0 Å². The number of amides is 1. The summed E-state index contributed by atoms with van der Waals surface area (Å²) < 4.78 is 0. The van der Waals surface area contributed by atoms with Gasteiger partial charge in [0.05, 0.1) is 0 Å². The number of nitrogens with two attached hydrogens (primary N) is 1. The van der Waals surface area contributed by atoms with Crippen molar-refractivity contribution in [3.63, 3.8) is 0 Å². The van der Waals surface area contributed by atoms with E-state index < -0.39 is 0 Å². The molecule has 2 rings (SSSR count). The number of hydrogen-bond donors (Lipinski definition) is 2. The van der Waals surface area contributed by atoms with Crippen LogP contribution in [0.3, 0.4) is 0 Å². The highest BCUT2D eigenvalue weighted by Gasteiger charge is 2.42. The first-order valence-electron chi connectivity index (χ1n) is 4.33. The molecule has 12 heavy (non-hydrogen) atoms. The third kappa shape index (κ3) is 0.906. The minimum atomic E-state index is 0.0403. The van der Waals surface area contributed by atoms with Gasteiger partial charge in [-0.25, -0.2) is 5.43 Å². The van der Waals surface area contributed by atoms with E-state index >= 15 is 0 Å². The molecule has 1 amide bonds. The first kappa shape index (κ1) is 7.58. The lowest BCUT2D eigenvalue weighted by atomic mass is 9.88. The summed E-state index contributed by atoms with van der Waals surface area (Å²) in [7, 11) is 0. The molecule has 1 aliphatic heterocycles. The van der Waals surface area contributed by atoms with Crippen molar-refractivity contribution in [2.24, 2.45) is 28.6 Å². The van der Waals surface area contributed by atoms with Crippen LogP contribution >= 0.6 is 0 Å². The predicted octanol–water partition coefficient (Wildman–Crippen LogP) is 0.0507. The zero-order valence-corrected chi connectivity index (χ0v) is 7.08. The largest absolute Gasteiger partial charge is 0.385 e. The van der Waals surface area contributed by atoms with Crippen LogP contribution in [0.4, 0.5) is 0 Å². The van der Waals surface area contributed by atoms with Gasteiger partial charge in [-0.2, -0.15) is 5.10 Å². The van der Waals surface area contributed by atoms with Gasteiger partial charge >= 0.3 is 0 Å². The Kier molecular flexibility index (Phi) is 1.56. The monoisotopic (exact) mass is 167 g/mol. The van der Waals surface area contributed by atoms with E-state index in [1.165, 1.54) is 0 Å². The van der Waals surface area contributed by atoms with E-state index in [1.807, 2.05) is 0 Å². The highest BCUT2D eigenvalue weighted by molar-refractivity contribution is 5.94. The standard InChI is InChI=1S/C8H13N3O/c1-4-2-3-5-6(4)7(9)10-11-8(5)12/h4-6H,2-3H2,1H3,(H2,9,10)(H,11,12). The van der Waals surface area contributed by atoms with E-state index in [4.69, 9.17) is 5.73 Å². The topological polar surface area (TPSA) is 67.5 Å². The molecule has 0 saturated heterocycles. The second-order valence-corrected chi connectivity index (χ2v) is 3.70. The van der Waals surface area contributed by atoms with Crippen LogP contribution in [-0.4, -0.2) is 11.7 Å². The third-order valence-electron chi connectivity index (χ3n) is 2.95. The van der Waals surface area contributed by atoms with Crippen LogP contribution in [0.25, 0.3) is 0 Å². The van der Waals surface area contributed by atoms with Crippen LogP contribution in [0.1, 0.15) is 19.8 Å². The summed E-state index contributed by atoms with van der Waals surface area (Å²) >= 11 is 0. The average Bonchev–Trinajstić information content (AvgIpc) is 2.42. The molecule has 1 heterocycles. The summed E-state index contributed by atoms with van der Waals surface area (Å²) in [6.07, 6.45) is 2.03. The highest BCUT2D eigenvalue weighted by atomic mass is 16.2. The Morgan fingerprint density at radius 1 is 1.58 bits per heavy atom. The van der Waals surface area contributed by atoms with E-state index in [0.29, 0.717) is 11.8 Å². The molecule has 1 saturated carbocycles. The van der Waals surface area contributed by atoms with Crippen LogP contribution in [-0.2, 0) is 4.79 Å². The van der Waals surface area contributed by atoms with Crippen molar-refractivity contribution in [3.05, 3.63) is 0 Å². The lowest BCUT2D eigenvalue weighted by Crippen LogP contribution is -2.44. The van der Waals surface area contributed by atoms with Crippen molar-refractivity contribution in [2.75, 3.05) is 0 Å². The minimum Gasteiger partial charge on any atom is -0.385 e. The molecule has 0 aromatic carbocycles. The molecular weight excluding hydrogens is 154 g/mol. The van der Waals surface area contributed by atoms with Crippen molar-refractivity contribution in [1.29, 1.82) is 0 Å². The van der Waals surface area contributed by atoms with Crippen LogP contribution in [0.5, 0.6) is 0 Å². The minimum absolute atomic E-state index is 0.0403. The quantitative estimate of drug-likeness (QED) is 0.535. The maximum Gasteiger partial charge on any atom is 0.243 e. The fraction of sp³-hybridized carbons (Fsp3) is 0.750. The van der Waals surface area contributed by atoms with Gasteiger partial charge in [0.25, 0.3) is 0 Å². The van der Waals surface area contributed by atoms with Gasteiger partial charge in [0.15, 0.2) is 0 Å². The van der Waals surface area contributed by atoms with Gasteiger partial charge in [0.1, 0.15) is 5.84 Å². The van der Waals surface area contributed by atoms with Crippen molar-refractivity contribution in [2.45, 2.75) is 19.8 Å². The molecule has 66 valence electrons. The molecule has 3 N–H and O–H groups in total. The SMILES string of the molecule is CC1CCC2C(=O)NN=C(N)C12. The van der Waals surface area contributed by atoms with Crippen LogP contribution in [0, 0.1) is 17.8 Å². The Morgan fingerprint density at radius 3 is 3.00 bits per heavy atom. The zero-order chi connectivity index (χ0) is 8.72. The summed E-state index contributed by atoms with van der Waals surface area (Å²) in [5, 5.41) is 3.80. The predicted molar refractivity (Wildman–Crippen MR) is 45.1 cm³/mol. The second kappa shape index (κ2) is 2.47. The summed E-state index contributed by atoms with van der Waals surface area (Å²) in [6, 6.07) is 0. The molecule has 0 aromatic rings. The van der Waals surface area contributed by atoms with Gasteiger partial charge < -0.3 is 5.73 Å². The van der Waals surface area contributed by atoms with E-state index in [0.717, 1.165) is 12.8 Å². The van der Waals surface area contributed by atoms with E-state index in [-0.39, 0.29) is 17.7 Å². The second-order valence-electron chi connectivity index (χ2n) is 3.70. The Morgan fingerprint density at radius 2 is 2.33 bits per heavy atom. The van der Waals surface area contributed by atoms with Crippen molar-refractivity contribution in [3.8, 4) is 0 Å². The molecule has 3 unspecified atom stereocenters. The number of carbonyl (C=O) groups is 1. The van der Waals surface area contributed by atoms with Crippen LogP contribution in [0.2, 0.25) is 0 Å². The number of rotatable bonds is 0. The van der Waals surface area contributed by atoms with Crippen LogP contribution in [0.15, 0.2) is 5.10 Å². The van der Waals surface area contributed by atoms with Gasteiger partial charge in [-0.1, -0.05) is 6.92 Å². The molecule has 0 aromatic heterocycles. The molecule has 1 aliphatic carbocycles. The van der Waals surface area contributed by atoms with E-state index in [9.17, 15) is 4.79 Å². The molecule has 1 fully saturated rings. The average molecular weight is 167 g/mol. The zero-order valence-electron chi connectivity index (χ0n) is 7.08. The number of nitrogens with one attached hydrogen (secondary N) is 1. The lowest BCUT2D eigenvalue weighted by molar-refractivity contribution is -0.126. The number of fused-ring (bicyclic) bond motifs is 1. The summed E-state index contributed by atoms with van der Waals surface area (Å²) in [5.74, 6) is 1.42. The van der Waals surface area contributed by atoms with Crippen LogP contribution < -0.4 is 11.2 Å². The molecule has 4 heteroatoms. The van der Waals surface area contributed by atoms with Crippen molar-refractivity contribution >= 4 is 11.7 Å². The van der Waals surface area contributed by atoms with E-state index in [2.05, 4.69) is 17.5 Å². The van der Waals surface area contributed by atoms with Crippen molar-refractivity contribution < 1.29 is 4.79 Å². The Hall–Kier alpha value is -1.06. The number of amidine groups is 1. The molecule has 0 spiro atoms. The lowest BCUT2D eigenvalue weighted by Gasteiger charge is -2.24. The molecule has 4 nitrogen and oxygen atoms in total. The molecular formula is C8H13N3O. The normalized spacial score (nSPS) is 40.2. The van der Waals surface area contributed by atoms with E-state index in [1.54, 1.807) is 0 Å². The van der Waals surface area contributed by atoms with Gasteiger partial charge in [0, 0.05) is 11.8 Å². The Labute approximate surface area is 71.2 Å². The molecule has 0 radical (unpaired) electrons. The summed E-state index contributed by atoms with van der Waals surface area (Å²) in [5.41, 5.74) is 8.16. The number of carbonyl (C=O) groups excluding carboxylic acids is 1. The van der Waals surface area contributed by atoms with Gasteiger partial charge in [-0.3, -0.25) is 4.79 Å². The molecule has 3 atom stereocenters. The van der Waals surface area contributed by atoms with Gasteiger partial charge in [0.2, 0.25) is 5.91 Å². The number of nitrogens with zero attached hydrogens (tertiary/aromatic N) is 1. The molecule has 2 aliphatic rings. The fourth-order valence-corrected chi connectivity index (χ4v) is 2.27. The fourth-order valence-electron chi connectivity index (χ4n) is 2.27. The summed E-state index contributed by atoms with van der Waals surface area (Å²) in [6.45, 7) is 2.13. The maximum absolute atomic E-state index is 11.3. The highest BCUT2D eigenvalue weighted by Crippen LogP contribution is 2.38. The maximum atomic E-state index is 11.3. The smallest absolute Gasteiger partial charge is 0.243 e. The van der Waals surface area contributed by atoms with Gasteiger partial charge in [-0.05, 0) is 18.8 Å². The number of hydrogen-bond acceptors (Lipinski definition) is 3. The first-order valence-corrected chi connectivity index (χ1v) is 4.33. The van der Waals surface area contributed by atoms with Crippen molar-refractivity contribution in [1.82, 2.24) is 5.43 Å². The number of hydrazone groups is 1. The Balaban J connectivity index is 2.30.